The molecule has 1 fully saturated rings. The van der Waals surface area contributed by atoms with Crippen LogP contribution in [0.5, 0.6) is 0 Å². The van der Waals surface area contributed by atoms with Crippen molar-refractivity contribution in [1.82, 2.24) is 10.1 Å². The van der Waals surface area contributed by atoms with Crippen molar-refractivity contribution in [3.8, 4) is 0 Å². The molecule has 6 heteroatoms. The predicted octanol–water partition coefficient (Wildman–Crippen LogP) is 1.65. The van der Waals surface area contributed by atoms with E-state index in [9.17, 15) is 9.90 Å². The van der Waals surface area contributed by atoms with E-state index in [1.54, 1.807) is 16.2 Å². The van der Waals surface area contributed by atoms with Gasteiger partial charge in [0.05, 0.1) is 18.2 Å². The lowest BCUT2D eigenvalue weighted by Gasteiger charge is -2.15. The Balaban J connectivity index is 1.58. The first kappa shape index (κ1) is 14.3. The van der Waals surface area contributed by atoms with E-state index in [-0.39, 0.29) is 11.8 Å². The zero-order valence-corrected chi connectivity index (χ0v) is 12.7. The Morgan fingerprint density at radius 2 is 2.43 bits per heavy atom. The second-order valence-electron chi connectivity index (χ2n) is 5.57. The normalized spacial score (nSPS) is 21.9. The molecule has 0 spiro atoms. The lowest BCUT2D eigenvalue weighted by molar-refractivity contribution is -0.129. The summed E-state index contributed by atoms with van der Waals surface area (Å²) in [4.78, 5) is 14.0. The summed E-state index contributed by atoms with van der Waals surface area (Å²) in [6.45, 7) is 2.85. The van der Waals surface area contributed by atoms with Gasteiger partial charge in [-0.2, -0.15) is 11.3 Å². The van der Waals surface area contributed by atoms with Crippen molar-refractivity contribution < 1.29 is 14.4 Å². The van der Waals surface area contributed by atoms with Crippen LogP contribution in [0.3, 0.4) is 0 Å². The summed E-state index contributed by atoms with van der Waals surface area (Å²) in [7, 11) is 0. The van der Waals surface area contributed by atoms with Crippen molar-refractivity contribution in [2.24, 2.45) is 5.92 Å². The Labute approximate surface area is 127 Å². The van der Waals surface area contributed by atoms with Crippen molar-refractivity contribution in [2.45, 2.75) is 25.9 Å². The maximum absolute atomic E-state index is 12.2. The van der Waals surface area contributed by atoms with Crippen LogP contribution in [0.2, 0.25) is 0 Å². The number of likely N-dealkylation sites (tertiary alicyclic amines) is 1. The molecule has 3 rings (SSSR count). The minimum atomic E-state index is -0.498. The van der Waals surface area contributed by atoms with Crippen molar-refractivity contribution in [1.29, 1.82) is 0 Å². The average Bonchev–Trinajstić information content (AvgIpc) is 3.14. The topological polar surface area (TPSA) is 66.6 Å². The molecule has 1 N–H and O–H groups in total. The fraction of sp³-hybridized carbons (Fsp3) is 0.467. The third-order valence-electron chi connectivity index (χ3n) is 3.83. The predicted molar refractivity (Wildman–Crippen MR) is 79.0 cm³/mol. The second kappa shape index (κ2) is 5.99. The average molecular weight is 306 g/mol. The number of nitrogens with zero attached hydrogens (tertiary/aromatic N) is 2. The van der Waals surface area contributed by atoms with Gasteiger partial charge < -0.3 is 14.5 Å². The third kappa shape index (κ3) is 3.33. The Hall–Kier alpha value is -1.66. The molecule has 2 aromatic rings. The Morgan fingerprint density at radius 3 is 3.10 bits per heavy atom. The lowest BCUT2D eigenvalue weighted by Crippen LogP contribution is -2.30. The number of aromatic nitrogens is 1. The fourth-order valence-electron chi connectivity index (χ4n) is 2.71. The van der Waals surface area contributed by atoms with Crippen molar-refractivity contribution >= 4 is 17.2 Å². The molecule has 0 aliphatic carbocycles. The molecular weight excluding hydrogens is 288 g/mol. The van der Waals surface area contributed by atoms with Crippen LogP contribution in [0.4, 0.5) is 0 Å². The Bertz CT molecular complexity index is 608. The second-order valence-corrected chi connectivity index (χ2v) is 6.35. The molecule has 2 atom stereocenters. The molecule has 0 unspecified atom stereocenters. The first-order valence-corrected chi connectivity index (χ1v) is 7.95. The smallest absolute Gasteiger partial charge is 0.227 e. The van der Waals surface area contributed by atoms with Gasteiger partial charge in [0, 0.05) is 31.5 Å². The summed E-state index contributed by atoms with van der Waals surface area (Å²) in [5, 5.41) is 18.0. The molecule has 0 bridgehead atoms. The largest absolute Gasteiger partial charge is 0.391 e. The van der Waals surface area contributed by atoms with Gasteiger partial charge in [0.1, 0.15) is 5.76 Å². The summed E-state index contributed by atoms with van der Waals surface area (Å²) in [5.74, 6) is 0.858. The number of β-amino-alcohol motifs (C(OH)–C–C–N with tert-alkyl or cyclic N) is 1. The van der Waals surface area contributed by atoms with Crippen LogP contribution >= 0.6 is 11.3 Å². The fourth-order valence-corrected chi connectivity index (χ4v) is 3.38. The van der Waals surface area contributed by atoms with Crippen molar-refractivity contribution in [3.05, 3.63) is 39.9 Å². The van der Waals surface area contributed by atoms with E-state index in [1.165, 1.54) is 0 Å². The highest BCUT2D eigenvalue weighted by Gasteiger charge is 2.34. The van der Waals surface area contributed by atoms with Crippen LogP contribution in [0.25, 0.3) is 0 Å². The summed E-state index contributed by atoms with van der Waals surface area (Å²) >= 11 is 1.59. The van der Waals surface area contributed by atoms with E-state index in [0.29, 0.717) is 25.9 Å². The number of amides is 1. The highest BCUT2D eigenvalue weighted by atomic mass is 32.1. The Kier molecular flexibility index (Phi) is 4.07. The first-order valence-electron chi connectivity index (χ1n) is 7.01. The molecule has 0 aromatic carbocycles. The Morgan fingerprint density at radius 1 is 1.57 bits per heavy atom. The molecule has 1 aliphatic rings. The van der Waals surface area contributed by atoms with Gasteiger partial charge in [-0.25, -0.2) is 0 Å². The van der Waals surface area contributed by atoms with Crippen LogP contribution in [0.15, 0.2) is 27.4 Å². The minimum absolute atomic E-state index is 0.0174. The number of thiophene rings is 1. The molecule has 2 aromatic heterocycles. The summed E-state index contributed by atoms with van der Waals surface area (Å²) < 4.78 is 5.19. The van der Waals surface area contributed by atoms with Crippen LogP contribution in [-0.4, -0.2) is 40.3 Å². The van der Waals surface area contributed by atoms with E-state index in [2.05, 4.69) is 5.16 Å². The summed E-state index contributed by atoms with van der Waals surface area (Å²) in [5.41, 5.74) is 1.87. The maximum atomic E-state index is 12.2. The number of hydrogen-bond donors (Lipinski definition) is 1. The number of carbonyl (C=O) groups is 1. The van der Waals surface area contributed by atoms with E-state index >= 15 is 0 Å². The van der Waals surface area contributed by atoms with Crippen molar-refractivity contribution in [3.63, 3.8) is 0 Å². The van der Waals surface area contributed by atoms with Gasteiger partial charge >= 0.3 is 0 Å². The molecule has 3 heterocycles. The zero-order valence-electron chi connectivity index (χ0n) is 11.9. The molecule has 1 saturated heterocycles. The quantitative estimate of drug-likeness (QED) is 0.932. The maximum Gasteiger partial charge on any atom is 0.227 e. The molecule has 1 amide bonds. The molecule has 21 heavy (non-hydrogen) atoms. The standard InChI is InChI=1S/C15H18N2O3S/c1-10-4-13(20-16-10)6-12-7-17(8-14(12)18)15(19)5-11-2-3-21-9-11/h2-4,9,12,14,18H,5-8H2,1H3/t12-,14-/m1/s1. The number of aliphatic hydroxyl groups excluding tert-OH is 1. The number of rotatable bonds is 4. The summed E-state index contributed by atoms with van der Waals surface area (Å²) in [6.07, 6.45) is 0.524. The van der Waals surface area contributed by atoms with Gasteiger partial charge in [-0.3, -0.25) is 4.79 Å². The third-order valence-corrected chi connectivity index (χ3v) is 4.57. The number of aryl methyl sites for hydroxylation is 1. The van der Waals surface area contributed by atoms with Gasteiger partial charge in [0.25, 0.3) is 0 Å². The monoisotopic (exact) mass is 306 g/mol. The van der Waals surface area contributed by atoms with Gasteiger partial charge in [0.15, 0.2) is 0 Å². The van der Waals surface area contributed by atoms with Crippen LogP contribution in [-0.2, 0) is 17.6 Å². The number of carbonyl (C=O) groups excluding carboxylic acids is 1. The molecule has 5 nitrogen and oxygen atoms in total. The first-order chi connectivity index (χ1) is 10.1. The van der Waals surface area contributed by atoms with Gasteiger partial charge in [-0.05, 0) is 29.3 Å². The van der Waals surface area contributed by atoms with Crippen molar-refractivity contribution in [2.75, 3.05) is 13.1 Å². The minimum Gasteiger partial charge on any atom is -0.391 e. The lowest BCUT2D eigenvalue weighted by atomic mass is 10.0. The molecule has 112 valence electrons. The van der Waals surface area contributed by atoms with Gasteiger partial charge in [-0.1, -0.05) is 5.16 Å². The molecule has 1 aliphatic heterocycles. The highest BCUT2D eigenvalue weighted by molar-refractivity contribution is 7.07. The highest BCUT2D eigenvalue weighted by Crippen LogP contribution is 2.23. The molecular formula is C15H18N2O3S. The molecule has 0 saturated carbocycles. The van der Waals surface area contributed by atoms with E-state index in [0.717, 1.165) is 17.0 Å². The van der Waals surface area contributed by atoms with Crippen LogP contribution < -0.4 is 0 Å². The van der Waals surface area contributed by atoms with E-state index in [4.69, 9.17) is 4.52 Å². The van der Waals surface area contributed by atoms with E-state index < -0.39 is 6.10 Å². The zero-order chi connectivity index (χ0) is 14.8. The number of aliphatic hydroxyl groups is 1. The summed E-state index contributed by atoms with van der Waals surface area (Å²) in [6, 6.07) is 3.84. The van der Waals surface area contributed by atoms with Crippen LogP contribution in [0.1, 0.15) is 17.0 Å². The molecule has 0 radical (unpaired) electrons. The number of hydrogen-bond acceptors (Lipinski definition) is 5. The van der Waals surface area contributed by atoms with Gasteiger partial charge in [-0.15, -0.1) is 0 Å². The van der Waals surface area contributed by atoms with Gasteiger partial charge in [0.2, 0.25) is 5.91 Å². The van der Waals surface area contributed by atoms with Crippen LogP contribution in [0, 0.1) is 12.8 Å². The van der Waals surface area contributed by atoms with E-state index in [1.807, 2.05) is 29.8 Å². The SMILES string of the molecule is Cc1cc(C[C@@H]2CN(C(=O)Cc3ccsc3)C[C@H]2O)on1.